The van der Waals surface area contributed by atoms with Crippen molar-refractivity contribution in [2.45, 2.75) is 35.7 Å². The number of hydrogen-bond donors (Lipinski definition) is 1. The third-order valence-corrected chi connectivity index (χ3v) is 4.09. The van der Waals surface area contributed by atoms with Crippen LogP contribution in [-0.2, 0) is 14.3 Å². The number of halogens is 1. The standard InChI is InChI=1S/C10H14ClN3O3S2/c1-4-17-8(16)6(3)18-10-14-13-9(19-10)12-7(15)5(2)11/h5-6H,4H2,1-3H3,(H,12,13,15). The van der Waals surface area contributed by atoms with Crippen molar-refractivity contribution in [2.24, 2.45) is 0 Å². The fraction of sp³-hybridized carbons (Fsp3) is 0.600. The highest BCUT2D eigenvalue weighted by atomic mass is 35.5. The average molecular weight is 324 g/mol. The van der Waals surface area contributed by atoms with Crippen molar-refractivity contribution in [3.05, 3.63) is 0 Å². The number of nitrogens with zero attached hydrogens (tertiary/aromatic N) is 2. The summed E-state index contributed by atoms with van der Waals surface area (Å²) in [6.07, 6.45) is 0. The summed E-state index contributed by atoms with van der Waals surface area (Å²) in [4.78, 5) is 22.8. The summed E-state index contributed by atoms with van der Waals surface area (Å²) in [7, 11) is 0. The zero-order valence-electron chi connectivity index (χ0n) is 10.7. The minimum absolute atomic E-state index is 0.303. The number of rotatable bonds is 6. The van der Waals surface area contributed by atoms with Gasteiger partial charge in [0.15, 0.2) is 4.34 Å². The Hall–Kier alpha value is -0.860. The molecular weight excluding hydrogens is 310 g/mol. The predicted octanol–water partition coefficient (Wildman–Crippen LogP) is 2.15. The molecule has 0 saturated heterocycles. The van der Waals surface area contributed by atoms with E-state index in [1.165, 1.54) is 23.1 Å². The van der Waals surface area contributed by atoms with E-state index in [0.29, 0.717) is 16.1 Å². The molecule has 6 nitrogen and oxygen atoms in total. The van der Waals surface area contributed by atoms with Gasteiger partial charge in [-0.2, -0.15) is 0 Å². The SMILES string of the molecule is CCOC(=O)C(C)Sc1nnc(NC(=O)C(C)Cl)s1. The first-order valence-corrected chi connectivity index (χ1v) is 7.69. The van der Waals surface area contributed by atoms with E-state index < -0.39 is 5.38 Å². The van der Waals surface area contributed by atoms with Crippen LogP contribution in [-0.4, -0.2) is 39.3 Å². The van der Waals surface area contributed by atoms with E-state index in [1.807, 2.05) is 0 Å². The van der Waals surface area contributed by atoms with Crippen LogP contribution in [0.15, 0.2) is 4.34 Å². The Kier molecular flexibility index (Phi) is 6.53. The summed E-state index contributed by atoms with van der Waals surface area (Å²) < 4.78 is 5.47. The van der Waals surface area contributed by atoms with Crippen LogP contribution in [0.1, 0.15) is 20.8 Å². The van der Waals surface area contributed by atoms with Crippen molar-refractivity contribution >= 4 is 51.7 Å². The van der Waals surface area contributed by atoms with Gasteiger partial charge in [-0.3, -0.25) is 14.9 Å². The first-order valence-electron chi connectivity index (χ1n) is 5.55. The topological polar surface area (TPSA) is 81.2 Å². The molecule has 0 bridgehead atoms. The molecule has 0 fully saturated rings. The summed E-state index contributed by atoms with van der Waals surface area (Å²) in [5, 5.41) is 9.56. The summed E-state index contributed by atoms with van der Waals surface area (Å²) >= 11 is 8.04. The predicted molar refractivity (Wildman–Crippen MR) is 75.8 cm³/mol. The normalized spacial score (nSPS) is 13.7. The van der Waals surface area contributed by atoms with Crippen molar-refractivity contribution in [3.63, 3.8) is 0 Å². The molecule has 0 spiro atoms. The highest BCUT2D eigenvalue weighted by Crippen LogP contribution is 2.29. The fourth-order valence-corrected chi connectivity index (χ4v) is 2.92. The lowest BCUT2D eigenvalue weighted by molar-refractivity contribution is -0.142. The van der Waals surface area contributed by atoms with E-state index in [1.54, 1.807) is 20.8 Å². The molecule has 1 N–H and O–H groups in total. The number of nitrogens with one attached hydrogen (secondary N) is 1. The van der Waals surface area contributed by atoms with Gasteiger partial charge in [0.05, 0.1) is 6.61 Å². The van der Waals surface area contributed by atoms with Gasteiger partial charge in [0.2, 0.25) is 11.0 Å². The van der Waals surface area contributed by atoms with Crippen LogP contribution in [0.4, 0.5) is 5.13 Å². The number of alkyl halides is 1. The molecule has 9 heteroatoms. The number of carbonyl (C=O) groups excluding carboxylic acids is 2. The zero-order chi connectivity index (χ0) is 14.4. The number of anilines is 1. The summed E-state index contributed by atoms with van der Waals surface area (Å²) in [5.74, 6) is -0.643. The molecule has 2 atom stereocenters. The molecule has 2 unspecified atom stereocenters. The molecule has 19 heavy (non-hydrogen) atoms. The van der Waals surface area contributed by atoms with E-state index in [0.717, 1.165) is 0 Å². The molecule has 1 aromatic rings. The highest BCUT2D eigenvalue weighted by molar-refractivity contribution is 8.02. The van der Waals surface area contributed by atoms with Crippen molar-refractivity contribution in [1.82, 2.24) is 10.2 Å². The quantitative estimate of drug-likeness (QED) is 0.374. The van der Waals surface area contributed by atoms with Crippen LogP contribution in [0.3, 0.4) is 0 Å². The van der Waals surface area contributed by atoms with Gasteiger partial charge < -0.3 is 4.74 Å². The molecule has 1 heterocycles. The van der Waals surface area contributed by atoms with Gasteiger partial charge in [-0.1, -0.05) is 23.1 Å². The molecule has 0 aromatic carbocycles. The van der Waals surface area contributed by atoms with Gasteiger partial charge in [-0.15, -0.1) is 21.8 Å². The Morgan fingerprint density at radius 1 is 1.47 bits per heavy atom. The Bertz CT molecular complexity index is 453. The molecule has 1 aromatic heterocycles. The minimum Gasteiger partial charge on any atom is -0.465 e. The summed E-state index contributed by atoms with van der Waals surface area (Å²) in [6, 6.07) is 0. The number of thioether (sulfide) groups is 1. The molecule has 106 valence electrons. The minimum atomic E-state index is -0.640. The summed E-state index contributed by atoms with van der Waals surface area (Å²) in [5.41, 5.74) is 0. The smallest absolute Gasteiger partial charge is 0.319 e. The molecule has 0 aliphatic heterocycles. The summed E-state index contributed by atoms with van der Waals surface area (Å²) in [6.45, 7) is 5.38. The van der Waals surface area contributed by atoms with E-state index in [-0.39, 0.29) is 17.1 Å². The van der Waals surface area contributed by atoms with E-state index >= 15 is 0 Å². The van der Waals surface area contributed by atoms with Gasteiger partial charge in [0.1, 0.15) is 10.6 Å². The van der Waals surface area contributed by atoms with Gasteiger partial charge in [0.25, 0.3) is 0 Å². The molecule has 0 aliphatic carbocycles. The number of esters is 1. The van der Waals surface area contributed by atoms with Crippen molar-refractivity contribution in [1.29, 1.82) is 0 Å². The van der Waals surface area contributed by atoms with Gasteiger partial charge in [-0.05, 0) is 20.8 Å². The molecule has 0 aliphatic rings. The average Bonchev–Trinajstić information content (AvgIpc) is 2.76. The first kappa shape index (κ1) is 16.2. The number of ether oxygens (including phenoxy) is 1. The van der Waals surface area contributed by atoms with Gasteiger partial charge >= 0.3 is 5.97 Å². The Morgan fingerprint density at radius 3 is 2.74 bits per heavy atom. The van der Waals surface area contributed by atoms with Crippen LogP contribution in [0.5, 0.6) is 0 Å². The van der Waals surface area contributed by atoms with Gasteiger partial charge in [-0.25, -0.2) is 0 Å². The third kappa shape index (κ3) is 5.33. The number of aromatic nitrogens is 2. The maximum atomic E-state index is 11.4. The van der Waals surface area contributed by atoms with Crippen molar-refractivity contribution in [2.75, 3.05) is 11.9 Å². The fourth-order valence-electron chi connectivity index (χ4n) is 0.972. The molecule has 1 amide bonds. The second-order valence-electron chi connectivity index (χ2n) is 3.49. The van der Waals surface area contributed by atoms with Crippen LogP contribution >= 0.6 is 34.7 Å². The molecule has 0 radical (unpaired) electrons. The second-order valence-corrected chi connectivity index (χ2v) is 6.71. The highest BCUT2D eigenvalue weighted by Gasteiger charge is 2.19. The van der Waals surface area contributed by atoms with Crippen LogP contribution in [0, 0.1) is 0 Å². The number of hydrogen-bond acceptors (Lipinski definition) is 7. The molecular formula is C10H14ClN3O3S2. The lowest BCUT2D eigenvalue weighted by Gasteiger charge is -2.06. The van der Waals surface area contributed by atoms with Crippen molar-refractivity contribution < 1.29 is 14.3 Å². The van der Waals surface area contributed by atoms with E-state index in [9.17, 15) is 9.59 Å². The zero-order valence-corrected chi connectivity index (χ0v) is 13.1. The third-order valence-electron chi connectivity index (χ3n) is 1.89. The van der Waals surface area contributed by atoms with E-state index in [4.69, 9.17) is 16.3 Å². The Balaban J connectivity index is 2.55. The Labute approximate surface area is 124 Å². The number of carbonyl (C=O) groups is 2. The van der Waals surface area contributed by atoms with Crippen molar-refractivity contribution in [3.8, 4) is 0 Å². The lowest BCUT2D eigenvalue weighted by atomic mass is 10.4. The Morgan fingerprint density at radius 2 is 2.16 bits per heavy atom. The number of amides is 1. The molecule has 1 rings (SSSR count). The maximum Gasteiger partial charge on any atom is 0.319 e. The van der Waals surface area contributed by atoms with E-state index in [2.05, 4.69) is 15.5 Å². The second kappa shape index (κ2) is 7.66. The monoisotopic (exact) mass is 323 g/mol. The molecule has 0 saturated carbocycles. The maximum absolute atomic E-state index is 11.4. The van der Waals surface area contributed by atoms with Crippen LogP contribution in [0.2, 0.25) is 0 Å². The first-order chi connectivity index (χ1) is 8.93. The van der Waals surface area contributed by atoms with Crippen LogP contribution < -0.4 is 5.32 Å². The van der Waals surface area contributed by atoms with Crippen LogP contribution in [0.25, 0.3) is 0 Å². The largest absolute Gasteiger partial charge is 0.465 e. The van der Waals surface area contributed by atoms with Gasteiger partial charge in [0, 0.05) is 0 Å². The lowest BCUT2D eigenvalue weighted by Crippen LogP contribution is -2.20.